The van der Waals surface area contributed by atoms with Crippen molar-refractivity contribution in [3.63, 3.8) is 0 Å². The first kappa shape index (κ1) is 17.3. The molecule has 0 atom stereocenters. The Balaban J connectivity index is 2.41. The van der Waals surface area contributed by atoms with Gasteiger partial charge >= 0.3 is 12.1 Å². The Kier molecular flexibility index (Phi) is 5.25. The van der Waals surface area contributed by atoms with Gasteiger partial charge in [-0.3, -0.25) is 4.79 Å². The molecule has 0 N–H and O–H groups in total. The molecule has 0 aliphatic carbocycles. The van der Waals surface area contributed by atoms with Crippen LogP contribution in [0.2, 0.25) is 0 Å². The highest BCUT2D eigenvalue weighted by Crippen LogP contribution is 2.32. The van der Waals surface area contributed by atoms with Crippen LogP contribution in [-0.2, 0) is 15.7 Å². The number of thioether (sulfide) groups is 1. The summed E-state index contributed by atoms with van der Waals surface area (Å²) in [7, 11) is 1.20. The van der Waals surface area contributed by atoms with Gasteiger partial charge in [0, 0.05) is 5.56 Å². The lowest BCUT2D eigenvalue weighted by Crippen LogP contribution is -2.11. The van der Waals surface area contributed by atoms with Crippen LogP contribution in [0.5, 0.6) is 0 Å². The smallest absolute Gasteiger partial charge is 0.433 e. The number of methoxy groups -OCH3 is 1. The third-order valence-electron chi connectivity index (χ3n) is 2.89. The van der Waals surface area contributed by atoms with Gasteiger partial charge in [0.15, 0.2) is 5.16 Å². The lowest BCUT2D eigenvalue weighted by molar-refractivity contribution is -0.141. The molecule has 4 nitrogen and oxygen atoms in total. The van der Waals surface area contributed by atoms with Crippen molar-refractivity contribution in [3.8, 4) is 11.3 Å². The van der Waals surface area contributed by atoms with Crippen molar-refractivity contribution in [2.24, 2.45) is 0 Å². The number of esters is 1. The fraction of sp³-hybridized carbons (Fsp3) is 0.267. The molecule has 122 valence electrons. The van der Waals surface area contributed by atoms with Crippen molar-refractivity contribution >= 4 is 17.7 Å². The van der Waals surface area contributed by atoms with Crippen LogP contribution in [0.15, 0.2) is 35.5 Å². The Hall–Kier alpha value is -2.09. The molecular formula is C15H13F3N2O2S. The van der Waals surface area contributed by atoms with Crippen LogP contribution in [0.4, 0.5) is 13.2 Å². The summed E-state index contributed by atoms with van der Waals surface area (Å²) in [6, 6.07) is 7.84. The number of nitrogens with zero attached hydrogens (tertiary/aromatic N) is 2. The number of hydrogen-bond acceptors (Lipinski definition) is 5. The van der Waals surface area contributed by atoms with E-state index < -0.39 is 17.8 Å². The number of halogens is 3. The van der Waals surface area contributed by atoms with E-state index in [1.807, 2.05) is 6.92 Å². The summed E-state index contributed by atoms with van der Waals surface area (Å²) in [5, 5.41) is -0.124. The number of aromatic nitrogens is 2. The lowest BCUT2D eigenvalue weighted by Gasteiger charge is -2.10. The highest BCUT2D eigenvalue weighted by Gasteiger charge is 2.33. The van der Waals surface area contributed by atoms with Crippen LogP contribution >= 0.6 is 11.8 Å². The Morgan fingerprint density at radius 3 is 2.43 bits per heavy atom. The number of benzene rings is 1. The van der Waals surface area contributed by atoms with Crippen molar-refractivity contribution in [3.05, 3.63) is 41.6 Å². The minimum Gasteiger partial charge on any atom is -0.468 e. The molecule has 0 unspecified atom stereocenters. The largest absolute Gasteiger partial charge is 0.468 e. The van der Waals surface area contributed by atoms with E-state index in [-0.39, 0.29) is 16.6 Å². The van der Waals surface area contributed by atoms with Crippen molar-refractivity contribution < 1.29 is 22.7 Å². The molecule has 1 aromatic carbocycles. The summed E-state index contributed by atoms with van der Waals surface area (Å²) < 4.78 is 43.5. The SMILES string of the molecule is COC(=O)CSc1nc(-c2ccc(C)cc2)cc(C(F)(F)F)n1. The van der Waals surface area contributed by atoms with Gasteiger partial charge in [-0.05, 0) is 13.0 Å². The number of aryl methyl sites for hydroxylation is 1. The summed E-state index contributed by atoms with van der Waals surface area (Å²) in [5.41, 5.74) is 0.637. The van der Waals surface area contributed by atoms with Gasteiger partial charge in [-0.15, -0.1) is 0 Å². The molecular weight excluding hydrogens is 329 g/mol. The van der Waals surface area contributed by atoms with Crippen LogP contribution in [0, 0.1) is 6.92 Å². The minimum atomic E-state index is -4.59. The second-order valence-corrected chi connectivity index (χ2v) is 5.59. The van der Waals surface area contributed by atoms with Crippen LogP contribution < -0.4 is 0 Å². The zero-order valence-electron chi connectivity index (χ0n) is 12.3. The number of alkyl halides is 3. The monoisotopic (exact) mass is 342 g/mol. The Morgan fingerprint density at radius 1 is 1.22 bits per heavy atom. The van der Waals surface area contributed by atoms with E-state index in [0.717, 1.165) is 23.4 Å². The molecule has 0 saturated heterocycles. The van der Waals surface area contributed by atoms with Gasteiger partial charge in [0.2, 0.25) is 0 Å². The summed E-state index contributed by atoms with van der Waals surface area (Å²) >= 11 is 0.799. The second-order valence-electron chi connectivity index (χ2n) is 4.65. The molecule has 1 aromatic heterocycles. The van der Waals surface area contributed by atoms with E-state index >= 15 is 0 Å². The number of carbonyl (C=O) groups is 1. The van der Waals surface area contributed by atoms with E-state index in [1.165, 1.54) is 7.11 Å². The fourth-order valence-corrected chi connectivity index (χ4v) is 2.38. The molecule has 0 saturated carbocycles. The minimum absolute atomic E-state index is 0.124. The zero-order valence-corrected chi connectivity index (χ0v) is 13.2. The average Bonchev–Trinajstić information content (AvgIpc) is 2.52. The zero-order chi connectivity index (χ0) is 17.0. The molecule has 0 radical (unpaired) electrons. The van der Waals surface area contributed by atoms with Crippen molar-refractivity contribution in [2.45, 2.75) is 18.3 Å². The first-order valence-corrected chi connectivity index (χ1v) is 7.51. The van der Waals surface area contributed by atoms with Gasteiger partial charge in [-0.2, -0.15) is 13.2 Å². The van der Waals surface area contributed by atoms with E-state index in [1.54, 1.807) is 24.3 Å². The molecule has 0 fully saturated rings. The van der Waals surface area contributed by atoms with Crippen LogP contribution in [0.25, 0.3) is 11.3 Å². The van der Waals surface area contributed by atoms with Gasteiger partial charge in [-0.25, -0.2) is 9.97 Å². The molecule has 0 spiro atoms. The molecule has 8 heteroatoms. The molecule has 0 aliphatic rings. The molecule has 1 heterocycles. The molecule has 0 aliphatic heterocycles. The normalized spacial score (nSPS) is 11.3. The summed E-state index contributed by atoms with van der Waals surface area (Å²) in [6.07, 6.45) is -4.59. The van der Waals surface area contributed by atoms with Crippen LogP contribution in [-0.4, -0.2) is 28.8 Å². The molecule has 0 bridgehead atoms. The Bertz CT molecular complexity index is 703. The van der Waals surface area contributed by atoms with E-state index in [9.17, 15) is 18.0 Å². The van der Waals surface area contributed by atoms with Crippen molar-refractivity contribution in [1.29, 1.82) is 0 Å². The number of ether oxygens (including phenoxy) is 1. The maximum atomic E-state index is 13.0. The van der Waals surface area contributed by atoms with Gasteiger partial charge in [0.1, 0.15) is 5.69 Å². The fourth-order valence-electron chi connectivity index (χ4n) is 1.69. The van der Waals surface area contributed by atoms with E-state index in [2.05, 4.69) is 14.7 Å². The molecule has 23 heavy (non-hydrogen) atoms. The Morgan fingerprint density at radius 2 is 1.87 bits per heavy atom. The summed E-state index contributed by atoms with van der Waals surface area (Å²) in [4.78, 5) is 18.7. The quantitative estimate of drug-likeness (QED) is 0.481. The Labute approximate surface area is 135 Å². The number of hydrogen-bond donors (Lipinski definition) is 0. The number of carbonyl (C=O) groups excluding carboxylic acids is 1. The summed E-state index contributed by atoms with van der Waals surface area (Å²) in [6.45, 7) is 1.88. The van der Waals surface area contributed by atoms with Crippen LogP contribution in [0.3, 0.4) is 0 Å². The molecule has 0 amide bonds. The van der Waals surface area contributed by atoms with Gasteiger partial charge in [-0.1, -0.05) is 41.6 Å². The maximum absolute atomic E-state index is 13.0. The summed E-state index contributed by atoms with van der Waals surface area (Å²) in [5.74, 6) is -0.724. The predicted octanol–water partition coefficient (Wildman–Crippen LogP) is 3.74. The van der Waals surface area contributed by atoms with Gasteiger partial charge in [0.05, 0.1) is 18.6 Å². The highest BCUT2D eigenvalue weighted by atomic mass is 32.2. The maximum Gasteiger partial charge on any atom is 0.433 e. The molecule has 2 aromatic rings. The third kappa shape index (κ3) is 4.69. The van der Waals surface area contributed by atoms with Crippen LogP contribution in [0.1, 0.15) is 11.3 Å². The van der Waals surface area contributed by atoms with Crippen molar-refractivity contribution in [2.75, 3.05) is 12.9 Å². The topological polar surface area (TPSA) is 52.1 Å². The van der Waals surface area contributed by atoms with Gasteiger partial charge in [0.25, 0.3) is 0 Å². The first-order chi connectivity index (χ1) is 10.8. The average molecular weight is 342 g/mol. The van der Waals surface area contributed by atoms with E-state index in [4.69, 9.17) is 0 Å². The first-order valence-electron chi connectivity index (χ1n) is 6.52. The third-order valence-corrected chi connectivity index (χ3v) is 3.71. The molecule has 2 rings (SSSR count). The predicted molar refractivity (Wildman–Crippen MR) is 79.9 cm³/mol. The highest BCUT2D eigenvalue weighted by molar-refractivity contribution is 7.99. The number of rotatable bonds is 4. The van der Waals surface area contributed by atoms with E-state index in [0.29, 0.717) is 5.56 Å². The van der Waals surface area contributed by atoms with Crippen molar-refractivity contribution in [1.82, 2.24) is 9.97 Å². The standard InChI is InChI=1S/C15H13F3N2O2S/c1-9-3-5-10(6-4-9)11-7-12(15(16,17)18)20-14(19-11)23-8-13(21)22-2/h3-7H,8H2,1-2H3. The lowest BCUT2D eigenvalue weighted by atomic mass is 10.1. The van der Waals surface area contributed by atoms with Gasteiger partial charge < -0.3 is 4.74 Å². The second kappa shape index (κ2) is 6.99.